The zero-order valence-corrected chi connectivity index (χ0v) is 9.44. The number of aromatic amines is 1. The Bertz CT molecular complexity index is 575. The summed E-state index contributed by atoms with van der Waals surface area (Å²) in [6.07, 6.45) is 2.69. The molecule has 0 bridgehead atoms. The number of aromatic nitrogens is 4. The van der Waals surface area contributed by atoms with Crippen LogP contribution in [0.1, 0.15) is 5.89 Å². The van der Waals surface area contributed by atoms with E-state index >= 15 is 0 Å². The molecule has 0 aromatic carbocycles. The molecule has 0 saturated carbocycles. The van der Waals surface area contributed by atoms with E-state index in [1.54, 1.807) is 0 Å². The monoisotopic (exact) mass is 258 g/mol. The standard InChI is InChI=1S/C7H10N6O3S/c8-7-5(3-10-13-7)17(14,15)12-2-1-6-9-4-11-16-6/h3-4,12H,1-2H2,(H3,8,10,13). The van der Waals surface area contributed by atoms with Gasteiger partial charge in [-0.3, -0.25) is 5.10 Å². The summed E-state index contributed by atoms with van der Waals surface area (Å²) in [4.78, 5) is 3.68. The Morgan fingerprint density at radius 2 is 2.35 bits per heavy atom. The molecule has 0 aliphatic heterocycles. The molecule has 9 nitrogen and oxygen atoms in total. The van der Waals surface area contributed by atoms with Gasteiger partial charge in [0.2, 0.25) is 15.9 Å². The second kappa shape index (κ2) is 4.51. The van der Waals surface area contributed by atoms with E-state index in [0.29, 0.717) is 12.3 Å². The van der Waals surface area contributed by atoms with Crippen LogP contribution in [0.15, 0.2) is 21.9 Å². The maximum absolute atomic E-state index is 11.7. The van der Waals surface area contributed by atoms with E-state index in [1.165, 1.54) is 6.33 Å². The average molecular weight is 258 g/mol. The SMILES string of the molecule is Nc1[nH]ncc1S(=O)(=O)NCCc1ncno1. The molecular weight excluding hydrogens is 248 g/mol. The minimum absolute atomic E-state index is 0.00436. The van der Waals surface area contributed by atoms with Crippen LogP contribution in [0.2, 0.25) is 0 Å². The highest BCUT2D eigenvalue weighted by atomic mass is 32.2. The topological polar surface area (TPSA) is 140 Å². The molecule has 2 rings (SSSR count). The molecule has 10 heteroatoms. The van der Waals surface area contributed by atoms with Crippen molar-refractivity contribution >= 4 is 15.8 Å². The number of anilines is 1. The Hall–Kier alpha value is -1.94. The molecule has 0 unspecified atom stereocenters. The quantitative estimate of drug-likeness (QED) is 0.618. The number of nitrogens with zero attached hydrogens (tertiary/aromatic N) is 3. The van der Waals surface area contributed by atoms with Gasteiger partial charge in [-0.2, -0.15) is 10.1 Å². The van der Waals surface area contributed by atoms with Gasteiger partial charge < -0.3 is 10.3 Å². The van der Waals surface area contributed by atoms with Crippen molar-refractivity contribution in [2.45, 2.75) is 11.3 Å². The van der Waals surface area contributed by atoms with Crippen LogP contribution in [0.3, 0.4) is 0 Å². The smallest absolute Gasteiger partial charge is 0.245 e. The van der Waals surface area contributed by atoms with Crippen LogP contribution in [0.4, 0.5) is 5.82 Å². The van der Waals surface area contributed by atoms with Gasteiger partial charge in [-0.25, -0.2) is 13.1 Å². The lowest BCUT2D eigenvalue weighted by molar-refractivity contribution is 0.377. The van der Waals surface area contributed by atoms with Crippen LogP contribution in [0.25, 0.3) is 0 Å². The van der Waals surface area contributed by atoms with E-state index in [4.69, 9.17) is 10.3 Å². The predicted molar refractivity (Wildman–Crippen MR) is 56.2 cm³/mol. The Morgan fingerprint density at radius 1 is 1.53 bits per heavy atom. The van der Waals surface area contributed by atoms with E-state index in [1.807, 2.05) is 0 Å². The lowest BCUT2D eigenvalue weighted by Gasteiger charge is -2.03. The van der Waals surface area contributed by atoms with Crippen molar-refractivity contribution in [2.24, 2.45) is 0 Å². The molecule has 0 aliphatic rings. The maximum atomic E-state index is 11.7. The third kappa shape index (κ3) is 2.60. The van der Waals surface area contributed by atoms with Gasteiger partial charge in [0.05, 0.1) is 6.20 Å². The van der Waals surface area contributed by atoms with E-state index in [2.05, 4.69) is 25.1 Å². The summed E-state index contributed by atoms with van der Waals surface area (Å²) in [7, 11) is -3.66. The van der Waals surface area contributed by atoms with Crippen molar-refractivity contribution in [3.8, 4) is 0 Å². The molecular formula is C7H10N6O3S. The molecule has 0 spiro atoms. The molecule has 0 saturated heterocycles. The highest BCUT2D eigenvalue weighted by molar-refractivity contribution is 7.89. The Balaban J connectivity index is 1.97. The normalized spacial score (nSPS) is 11.8. The fourth-order valence-corrected chi connectivity index (χ4v) is 2.23. The fourth-order valence-electron chi connectivity index (χ4n) is 1.18. The molecule has 2 heterocycles. The maximum Gasteiger partial charge on any atom is 0.245 e. The number of nitrogen functional groups attached to an aromatic ring is 1. The zero-order chi connectivity index (χ0) is 12.3. The van der Waals surface area contributed by atoms with Crippen molar-refractivity contribution in [1.82, 2.24) is 25.1 Å². The molecule has 2 aromatic heterocycles. The van der Waals surface area contributed by atoms with Crippen molar-refractivity contribution < 1.29 is 12.9 Å². The summed E-state index contributed by atoms with van der Waals surface area (Å²) < 4.78 is 30.5. The van der Waals surface area contributed by atoms with Crippen LogP contribution in [-0.2, 0) is 16.4 Å². The fraction of sp³-hybridized carbons (Fsp3) is 0.286. The van der Waals surface area contributed by atoms with Crippen molar-refractivity contribution in [3.63, 3.8) is 0 Å². The van der Waals surface area contributed by atoms with Crippen LogP contribution < -0.4 is 10.5 Å². The summed E-state index contributed by atoms with van der Waals surface area (Å²) in [6, 6.07) is 0. The molecule has 0 amide bonds. The van der Waals surface area contributed by atoms with Crippen LogP contribution in [0, 0.1) is 0 Å². The average Bonchev–Trinajstić information content (AvgIpc) is 2.88. The summed E-state index contributed by atoms with van der Waals surface area (Å²) in [5.74, 6) is 0.350. The Labute approximate surface area is 96.5 Å². The first-order chi connectivity index (χ1) is 8.09. The van der Waals surface area contributed by atoms with Gasteiger partial charge in [0.1, 0.15) is 10.7 Å². The van der Waals surface area contributed by atoms with Crippen molar-refractivity contribution in [2.75, 3.05) is 12.3 Å². The number of H-pyrrole nitrogens is 1. The molecule has 2 aromatic rings. The van der Waals surface area contributed by atoms with Crippen LogP contribution in [0.5, 0.6) is 0 Å². The van der Waals surface area contributed by atoms with Crippen molar-refractivity contribution in [1.29, 1.82) is 0 Å². The second-order valence-electron chi connectivity index (χ2n) is 3.13. The van der Waals surface area contributed by atoms with Crippen molar-refractivity contribution in [3.05, 3.63) is 18.4 Å². The molecule has 0 radical (unpaired) electrons. The number of nitrogens with one attached hydrogen (secondary N) is 2. The van der Waals surface area contributed by atoms with Gasteiger partial charge in [-0.15, -0.1) is 0 Å². The summed E-state index contributed by atoms with van der Waals surface area (Å²) in [5.41, 5.74) is 5.41. The second-order valence-corrected chi connectivity index (χ2v) is 4.87. The number of rotatable bonds is 5. The minimum Gasteiger partial charge on any atom is -0.383 e. The summed E-state index contributed by atoms with van der Waals surface area (Å²) >= 11 is 0. The summed E-state index contributed by atoms with van der Waals surface area (Å²) in [6.45, 7) is 0.134. The number of nitrogens with two attached hydrogens (primary N) is 1. The van der Waals surface area contributed by atoms with E-state index in [-0.39, 0.29) is 17.3 Å². The van der Waals surface area contributed by atoms with E-state index < -0.39 is 10.0 Å². The van der Waals surface area contributed by atoms with Gasteiger partial charge in [0.25, 0.3) is 0 Å². The Morgan fingerprint density at radius 3 is 2.94 bits per heavy atom. The highest BCUT2D eigenvalue weighted by Gasteiger charge is 2.18. The first-order valence-corrected chi connectivity index (χ1v) is 6.12. The summed E-state index contributed by atoms with van der Waals surface area (Å²) in [5, 5.41) is 9.29. The van der Waals surface area contributed by atoms with Gasteiger partial charge in [0, 0.05) is 13.0 Å². The minimum atomic E-state index is -3.66. The van der Waals surface area contributed by atoms with E-state index in [9.17, 15) is 8.42 Å². The molecule has 0 atom stereocenters. The molecule has 0 fully saturated rings. The largest absolute Gasteiger partial charge is 0.383 e. The number of hydrogen-bond acceptors (Lipinski definition) is 7. The molecule has 17 heavy (non-hydrogen) atoms. The highest BCUT2D eigenvalue weighted by Crippen LogP contribution is 2.13. The van der Waals surface area contributed by atoms with E-state index in [0.717, 1.165) is 6.20 Å². The lowest BCUT2D eigenvalue weighted by Crippen LogP contribution is -2.26. The zero-order valence-electron chi connectivity index (χ0n) is 8.62. The van der Waals surface area contributed by atoms with Gasteiger partial charge in [-0.1, -0.05) is 5.16 Å². The van der Waals surface area contributed by atoms with Crippen LogP contribution >= 0.6 is 0 Å². The molecule has 4 N–H and O–H groups in total. The number of sulfonamides is 1. The number of hydrogen-bond donors (Lipinski definition) is 3. The predicted octanol–water partition coefficient (Wildman–Crippen LogP) is -1.10. The first-order valence-electron chi connectivity index (χ1n) is 4.63. The molecule has 92 valence electrons. The third-order valence-electron chi connectivity index (χ3n) is 1.96. The van der Waals surface area contributed by atoms with Gasteiger partial charge >= 0.3 is 0 Å². The first kappa shape index (κ1) is 11.5. The lowest BCUT2D eigenvalue weighted by atomic mass is 10.4. The van der Waals surface area contributed by atoms with Crippen LogP contribution in [-0.4, -0.2) is 35.3 Å². The van der Waals surface area contributed by atoms with Gasteiger partial charge in [0.15, 0.2) is 6.33 Å². The molecule has 0 aliphatic carbocycles. The third-order valence-corrected chi connectivity index (χ3v) is 3.45. The Kier molecular flexibility index (Phi) is 3.06. The van der Waals surface area contributed by atoms with Gasteiger partial charge in [-0.05, 0) is 0 Å².